The van der Waals surface area contributed by atoms with Crippen molar-refractivity contribution in [3.63, 3.8) is 0 Å². The van der Waals surface area contributed by atoms with E-state index in [1.165, 1.54) is 11.0 Å². The van der Waals surface area contributed by atoms with Gasteiger partial charge in [-0.05, 0) is 32.0 Å². The Kier molecular flexibility index (Phi) is 6.02. The van der Waals surface area contributed by atoms with Crippen LogP contribution < -0.4 is 10.5 Å². The van der Waals surface area contributed by atoms with Gasteiger partial charge in [0, 0.05) is 25.2 Å². The molecule has 1 amide bonds. The number of ether oxygens (including phenoxy) is 1. The quantitative estimate of drug-likeness (QED) is 0.878. The molecule has 0 heterocycles. The normalized spacial score (nSPS) is 11.3. The minimum atomic E-state index is -4.59. The van der Waals surface area contributed by atoms with Crippen LogP contribution in [0.1, 0.15) is 29.8 Å². The first kappa shape index (κ1) is 17.3. The van der Waals surface area contributed by atoms with Crippen LogP contribution in [0.5, 0.6) is 5.75 Å². The van der Waals surface area contributed by atoms with Crippen molar-refractivity contribution in [3.05, 3.63) is 29.3 Å². The standard InChI is InChI=1S/C14H19F3N2O2/c1-3-19(4-2)13(20)10-5-6-12(21-8-7-18)11(9-10)14(15,16)17/h5-6,9H,3-4,7-8,18H2,1-2H3. The van der Waals surface area contributed by atoms with E-state index in [1.807, 2.05) is 0 Å². The summed E-state index contributed by atoms with van der Waals surface area (Å²) in [4.78, 5) is 13.6. The second-order valence-corrected chi connectivity index (χ2v) is 4.32. The molecule has 0 aromatic heterocycles. The lowest BCUT2D eigenvalue weighted by Crippen LogP contribution is -2.30. The number of benzene rings is 1. The second-order valence-electron chi connectivity index (χ2n) is 4.32. The fourth-order valence-electron chi connectivity index (χ4n) is 1.87. The highest BCUT2D eigenvalue weighted by Crippen LogP contribution is 2.37. The van der Waals surface area contributed by atoms with E-state index in [0.29, 0.717) is 13.1 Å². The van der Waals surface area contributed by atoms with Crippen LogP contribution in [0.3, 0.4) is 0 Å². The molecule has 2 N–H and O–H groups in total. The summed E-state index contributed by atoms with van der Waals surface area (Å²) in [6, 6.07) is 3.32. The predicted octanol–water partition coefficient (Wildman–Crippen LogP) is 2.52. The zero-order valence-electron chi connectivity index (χ0n) is 12.0. The summed E-state index contributed by atoms with van der Waals surface area (Å²) >= 11 is 0. The second kappa shape index (κ2) is 7.31. The van der Waals surface area contributed by atoms with Gasteiger partial charge in [0.2, 0.25) is 0 Å². The number of hydrogen-bond donors (Lipinski definition) is 1. The van der Waals surface area contributed by atoms with Crippen molar-refractivity contribution in [2.45, 2.75) is 20.0 Å². The lowest BCUT2D eigenvalue weighted by Gasteiger charge is -2.20. The summed E-state index contributed by atoms with van der Waals surface area (Å²) in [6.45, 7) is 4.49. The highest BCUT2D eigenvalue weighted by atomic mass is 19.4. The first-order valence-electron chi connectivity index (χ1n) is 6.68. The fourth-order valence-corrected chi connectivity index (χ4v) is 1.87. The van der Waals surface area contributed by atoms with Crippen LogP contribution in [0.25, 0.3) is 0 Å². The Balaban J connectivity index is 3.18. The maximum absolute atomic E-state index is 13.0. The average Bonchev–Trinajstić information content (AvgIpc) is 2.45. The lowest BCUT2D eigenvalue weighted by atomic mass is 10.1. The summed E-state index contributed by atoms with van der Waals surface area (Å²) in [7, 11) is 0. The number of nitrogens with zero attached hydrogens (tertiary/aromatic N) is 1. The third-order valence-electron chi connectivity index (χ3n) is 2.96. The molecule has 21 heavy (non-hydrogen) atoms. The molecular formula is C14H19F3N2O2. The first-order valence-corrected chi connectivity index (χ1v) is 6.68. The van der Waals surface area contributed by atoms with E-state index in [2.05, 4.69) is 0 Å². The smallest absolute Gasteiger partial charge is 0.419 e. The first-order chi connectivity index (χ1) is 9.85. The van der Waals surface area contributed by atoms with Gasteiger partial charge in [-0.3, -0.25) is 4.79 Å². The Morgan fingerprint density at radius 3 is 2.38 bits per heavy atom. The Hall–Kier alpha value is -1.76. The molecule has 0 aliphatic carbocycles. The molecule has 7 heteroatoms. The Morgan fingerprint density at radius 1 is 1.29 bits per heavy atom. The molecule has 0 saturated heterocycles. The summed E-state index contributed by atoms with van der Waals surface area (Å²) < 4.78 is 44.1. The van der Waals surface area contributed by atoms with Crippen LogP contribution in [0.2, 0.25) is 0 Å². The lowest BCUT2D eigenvalue weighted by molar-refractivity contribution is -0.138. The maximum Gasteiger partial charge on any atom is 0.419 e. The molecule has 0 atom stereocenters. The topological polar surface area (TPSA) is 55.6 Å². The van der Waals surface area contributed by atoms with Crippen LogP contribution in [-0.2, 0) is 6.18 Å². The fraction of sp³-hybridized carbons (Fsp3) is 0.500. The number of alkyl halides is 3. The van der Waals surface area contributed by atoms with E-state index in [0.717, 1.165) is 12.1 Å². The van der Waals surface area contributed by atoms with Crippen LogP contribution in [0.4, 0.5) is 13.2 Å². The molecule has 4 nitrogen and oxygen atoms in total. The minimum Gasteiger partial charge on any atom is -0.492 e. The largest absolute Gasteiger partial charge is 0.492 e. The van der Waals surface area contributed by atoms with Gasteiger partial charge in [0.15, 0.2) is 0 Å². The minimum absolute atomic E-state index is 0.00822. The molecule has 0 bridgehead atoms. The number of carbonyl (C=O) groups is 1. The molecule has 0 radical (unpaired) electrons. The molecular weight excluding hydrogens is 285 g/mol. The summed E-state index contributed by atoms with van der Waals surface area (Å²) in [5.41, 5.74) is 4.25. The molecule has 0 saturated carbocycles. The molecule has 0 aliphatic rings. The van der Waals surface area contributed by atoms with Crippen molar-refractivity contribution < 1.29 is 22.7 Å². The molecule has 1 aromatic carbocycles. The summed E-state index contributed by atoms with van der Waals surface area (Å²) in [6.07, 6.45) is -4.59. The van der Waals surface area contributed by atoms with Crippen molar-refractivity contribution >= 4 is 5.91 Å². The van der Waals surface area contributed by atoms with Gasteiger partial charge in [0.05, 0.1) is 5.56 Å². The summed E-state index contributed by atoms with van der Waals surface area (Å²) in [5.74, 6) is -0.750. The van der Waals surface area contributed by atoms with Gasteiger partial charge < -0.3 is 15.4 Å². The van der Waals surface area contributed by atoms with Gasteiger partial charge in [0.1, 0.15) is 12.4 Å². The van der Waals surface area contributed by atoms with Crippen molar-refractivity contribution in [3.8, 4) is 5.75 Å². The van der Waals surface area contributed by atoms with E-state index in [9.17, 15) is 18.0 Å². The van der Waals surface area contributed by atoms with E-state index in [-0.39, 0.29) is 24.5 Å². The molecule has 0 spiro atoms. The molecule has 1 rings (SSSR count). The van der Waals surface area contributed by atoms with Gasteiger partial charge in [-0.1, -0.05) is 0 Å². The predicted molar refractivity (Wildman–Crippen MR) is 73.2 cm³/mol. The van der Waals surface area contributed by atoms with Gasteiger partial charge in [-0.25, -0.2) is 0 Å². The number of amides is 1. The van der Waals surface area contributed by atoms with Crippen molar-refractivity contribution in [1.82, 2.24) is 4.90 Å². The van der Waals surface area contributed by atoms with E-state index in [4.69, 9.17) is 10.5 Å². The molecule has 1 aromatic rings. The maximum atomic E-state index is 13.0. The SMILES string of the molecule is CCN(CC)C(=O)c1ccc(OCCN)c(C(F)(F)F)c1. The number of carbonyl (C=O) groups excluding carboxylic acids is 1. The number of hydrogen-bond acceptors (Lipinski definition) is 3. The van der Waals surface area contributed by atoms with E-state index < -0.39 is 17.6 Å². The third-order valence-corrected chi connectivity index (χ3v) is 2.96. The average molecular weight is 304 g/mol. The summed E-state index contributed by atoms with van der Waals surface area (Å²) in [5, 5.41) is 0. The van der Waals surface area contributed by atoms with E-state index >= 15 is 0 Å². The van der Waals surface area contributed by atoms with Crippen LogP contribution in [0, 0.1) is 0 Å². The number of rotatable bonds is 6. The van der Waals surface area contributed by atoms with Crippen molar-refractivity contribution in [1.29, 1.82) is 0 Å². The van der Waals surface area contributed by atoms with Crippen molar-refractivity contribution in [2.24, 2.45) is 5.73 Å². The van der Waals surface area contributed by atoms with Gasteiger partial charge in [-0.15, -0.1) is 0 Å². The number of nitrogens with two attached hydrogens (primary N) is 1. The highest BCUT2D eigenvalue weighted by Gasteiger charge is 2.35. The molecule has 0 fully saturated rings. The zero-order chi connectivity index (χ0) is 16.0. The zero-order valence-corrected chi connectivity index (χ0v) is 12.0. The monoisotopic (exact) mass is 304 g/mol. The van der Waals surface area contributed by atoms with Crippen LogP contribution in [0.15, 0.2) is 18.2 Å². The van der Waals surface area contributed by atoms with Crippen LogP contribution in [-0.4, -0.2) is 37.0 Å². The van der Waals surface area contributed by atoms with Crippen LogP contribution >= 0.6 is 0 Å². The van der Waals surface area contributed by atoms with E-state index in [1.54, 1.807) is 13.8 Å². The molecule has 0 unspecified atom stereocenters. The van der Waals surface area contributed by atoms with Gasteiger partial charge >= 0.3 is 6.18 Å². The third kappa shape index (κ3) is 4.35. The Morgan fingerprint density at radius 2 is 1.90 bits per heavy atom. The number of halogens is 3. The Bertz CT molecular complexity index is 486. The molecule has 118 valence electrons. The Labute approximate surface area is 121 Å². The van der Waals surface area contributed by atoms with Gasteiger partial charge in [0.25, 0.3) is 5.91 Å². The van der Waals surface area contributed by atoms with Gasteiger partial charge in [-0.2, -0.15) is 13.2 Å². The highest BCUT2D eigenvalue weighted by molar-refractivity contribution is 5.94. The molecule has 0 aliphatic heterocycles. The van der Waals surface area contributed by atoms with Crippen molar-refractivity contribution in [2.75, 3.05) is 26.2 Å².